The highest BCUT2D eigenvalue weighted by Gasteiger charge is 2.17. The van der Waals surface area contributed by atoms with Crippen molar-refractivity contribution in [1.29, 1.82) is 0 Å². The fraction of sp³-hybridized carbons (Fsp3) is 0.158. The molecule has 0 saturated heterocycles. The van der Waals surface area contributed by atoms with Crippen molar-refractivity contribution >= 4 is 39.3 Å². The van der Waals surface area contributed by atoms with E-state index in [2.05, 4.69) is 26.3 Å². The highest BCUT2D eigenvalue weighted by Crippen LogP contribution is 2.35. The third-order valence-electron chi connectivity index (χ3n) is 3.83. The Morgan fingerprint density at radius 1 is 1.15 bits per heavy atom. The standard InChI is InChI=1S/C19H17BrClN3O3/c1-11-7-17(24(23-11)14-6-4-5-13(21)10-14)22-19(25)12-8-15(26-2)18(20)16(9-12)27-3/h4-10H,1-3H3,(H,22,25). The Balaban J connectivity index is 1.96. The summed E-state index contributed by atoms with van der Waals surface area (Å²) in [6.07, 6.45) is 0. The predicted octanol–water partition coefficient (Wildman–Crippen LogP) is 4.87. The number of nitrogens with one attached hydrogen (secondary N) is 1. The van der Waals surface area contributed by atoms with Gasteiger partial charge in [-0.25, -0.2) is 4.68 Å². The zero-order valence-corrected chi connectivity index (χ0v) is 17.3. The van der Waals surface area contributed by atoms with Crippen molar-refractivity contribution in [3.63, 3.8) is 0 Å². The average molecular weight is 451 g/mol. The van der Waals surface area contributed by atoms with Gasteiger partial charge in [-0.3, -0.25) is 4.79 Å². The normalized spacial score (nSPS) is 10.6. The van der Waals surface area contributed by atoms with Crippen molar-refractivity contribution in [1.82, 2.24) is 9.78 Å². The van der Waals surface area contributed by atoms with Gasteiger partial charge in [-0.15, -0.1) is 0 Å². The molecular formula is C19H17BrClN3O3. The molecule has 3 rings (SSSR count). The molecule has 140 valence electrons. The van der Waals surface area contributed by atoms with Crippen molar-refractivity contribution in [2.24, 2.45) is 0 Å². The van der Waals surface area contributed by atoms with E-state index in [0.717, 1.165) is 11.4 Å². The molecule has 0 fully saturated rings. The van der Waals surface area contributed by atoms with Gasteiger partial charge < -0.3 is 14.8 Å². The monoisotopic (exact) mass is 449 g/mol. The van der Waals surface area contributed by atoms with E-state index in [1.165, 1.54) is 14.2 Å². The number of hydrogen-bond acceptors (Lipinski definition) is 4. The summed E-state index contributed by atoms with van der Waals surface area (Å²) in [5.41, 5.74) is 1.90. The third kappa shape index (κ3) is 4.09. The Kier molecular flexibility index (Phi) is 5.72. The van der Waals surface area contributed by atoms with Crippen LogP contribution in [0.3, 0.4) is 0 Å². The number of ether oxygens (including phenoxy) is 2. The number of hydrogen-bond donors (Lipinski definition) is 1. The maximum absolute atomic E-state index is 12.8. The van der Waals surface area contributed by atoms with Gasteiger partial charge in [0.1, 0.15) is 21.8 Å². The maximum Gasteiger partial charge on any atom is 0.257 e. The summed E-state index contributed by atoms with van der Waals surface area (Å²) in [6, 6.07) is 12.3. The molecule has 27 heavy (non-hydrogen) atoms. The first-order chi connectivity index (χ1) is 12.9. The number of benzene rings is 2. The van der Waals surface area contributed by atoms with Crippen LogP contribution in [-0.4, -0.2) is 29.9 Å². The first kappa shape index (κ1) is 19.3. The quantitative estimate of drug-likeness (QED) is 0.602. The smallest absolute Gasteiger partial charge is 0.257 e. The molecule has 3 aromatic rings. The largest absolute Gasteiger partial charge is 0.495 e. The zero-order valence-electron chi connectivity index (χ0n) is 14.9. The molecule has 1 amide bonds. The number of aromatic nitrogens is 2. The molecule has 0 spiro atoms. The molecule has 0 aliphatic carbocycles. The second-order valence-corrected chi connectivity index (χ2v) is 6.94. The van der Waals surface area contributed by atoms with Crippen molar-refractivity contribution < 1.29 is 14.3 Å². The number of rotatable bonds is 5. The molecule has 0 unspecified atom stereocenters. The van der Waals surface area contributed by atoms with Crippen LogP contribution in [0.25, 0.3) is 5.69 Å². The summed E-state index contributed by atoms with van der Waals surface area (Å²) in [4.78, 5) is 12.8. The lowest BCUT2D eigenvalue weighted by molar-refractivity contribution is 0.102. The van der Waals surface area contributed by atoms with Crippen LogP contribution in [0.1, 0.15) is 16.1 Å². The van der Waals surface area contributed by atoms with Crippen LogP contribution in [0, 0.1) is 6.92 Å². The minimum atomic E-state index is -0.317. The number of anilines is 1. The maximum atomic E-state index is 12.8. The van der Waals surface area contributed by atoms with Gasteiger partial charge >= 0.3 is 0 Å². The third-order valence-corrected chi connectivity index (χ3v) is 4.85. The molecule has 1 N–H and O–H groups in total. The number of carbonyl (C=O) groups is 1. The van der Waals surface area contributed by atoms with Gasteiger partial charge in [-0.05, 0) is 53.2 Å². The molecule has 0 bridgehead atoms. The Morgan fingerprint density at radius 2 is 1.81 bits per heavy atom. The van der Waals surface area contributed by atoms with Crippen molar-refractivity contribution in [2.45, 2.75) is 6.92 Å². The first-order valence-corrected chi connectivity index (χ1v) is 9.15. The van der Waals surface area contributed by atoms with Crippen LogP contribution >= 0.6 is 27.5 Å². The van der Waals surface area contributed by atoms with Gasteiger partial charge in [0, 0.05) is 16.7 Å². The van der Waals surface area contributed by atoms with Crippen LogP contribution in [0.2, 0.25) is 5.02 Å². The summed E-state index contributed by atoms with van der Waals surface area (Å²) in [6.45, 7) is 1.85. The fourth-order valence-corrected chi connectivity index (χ4v) is 3.32. The van der Waals surface area contributed by atoms with Crippen LogP contribution in [0.5, 0.6) is 11.5 Å². The van der Waals surface area contributed by atoms with E-state index in [1.54, 1.807) is 35.0 Å². The lowest BCUT2D eigenvalue weighted by Gasteiger charge is -2.12. The summed E-state index contributed by atoms with van der Waals surface area (Å²) < 4.78 is 12.9. The molecule has 0 radical (unpaired) electrons. The van der Waals surface area contributed by atoms with E-state index in [9.17, 15) is 4.79 Å². The number of methoxy groups -OCH3 is 2. The van der Waals surface area contributed by atoms with Crippen molar-refractivity contribution in [3.8, 4) is 17.2 Å². The predicted molar refractivity (Wildman–Crippen MR) is 109 cm³/mol. The number of amides is 1. The molecule has 8 heteroatoms. The van der Waals surface area contributed by atoms with Crippen LogP contribution < -0.4 is 14.8 Å². The number of aryl methyl sites for hydroxylation is 1. The molecular weight excluding hydrogens is 434 g/mol. The first-order valence-electron chi connectivity index (χ1n) is 7.98. The van der Waals surface area contributed by atoms with Gasteiger partial charge in [0.25, 0.3) is 5.91 Å². The topological polar surface area (TPSA) is 65.4 Å². The van der Waals surface area contributed by atoms with Gasteiger partial charge in [0.05, 0.1) is 25.6 Å². The van der Waals surface area contributed by atoms with E-state index in [-0.39, 0.29) is 5.91 Å². The van der Waals surface area contributed by atoms with Gasteiger partial charge in [0.2, 0.25) is 0 Å². The highest BCUT2D eigenvalue weighted by molar-refractivity contribution is 9.10. The van der Waals surface area contributed by atoms with E-state index in [4.69, 9.17) is 21.1 Å². The minimum absolute atomic E-state index is 0.317. The molecule has 0 aliphatic rings. The molecule has 0 saturated carbocycles. The van der Waals surface area contributed by atoms with E-state index >= 15 is 0 Å². The zero-order chi connectivity index (χ0) is 19.6. The Bertz CT molecular complexity index is 979. The molecule has 0 aliphatic heterocycles. The van der Waals surface area contributed by atoms with Crippen LogP contribution in [0.4, 0.5) is 5.82 Å². The van der Waals surface area contributed by atoms with Crippen molar-refractivity contribution in [3.05, 3.63) is 63.2 Å². The lowest BCUT2D eigenvalue weighted by Crippen LogP contribution is -2.15. The van der Waals surface area contributed by atoms with Crippen LogP contribution in [0.15, 0.2) is 46.9 Å². The lowest BCUT2D eigenvalue weighted by atomic mass is 10.2. The second kappa shape index (κ2) is 8.02. The summed E-state index contributed by atoms with van der Waals surface area (Å²) in [7, 11) is 3.05. The van der Waals surface area contributed by atoms with E-state index < -0.39 is 0 Å². The minimum Gasteiger partial charge on any atom is -0.495 e. The second-order valence-electron chi connectivity index (χ2n) is 5.71. The van der Waals surface area contributed by atoms with E-state index in [0.29, 0.717) is 32.4 Å². The average Bonchev–Trinajstić information content (AvgIpc) is 3.02. The summed E-state index contributed by atoms with van der Waals surface area (Å²) in [5.74, 6) is 1.21. The molecule has 6 nitrogen and oxygen atoms in total. The Morgan fingerprint density at radius 3 is 2.41 bits per heavy atom. The Hall–Kier alpha value is -2.51. The molecule has 1 aromatic heterocycles. The SMILES string of the molecule is COc1cc(C(=O)Nc2cc(C)nn2-c2cccc(Cl)c2)cc(OC)c1Br. The number of nitrogens with zero attached hydrogens (tertiary/aromatic N) is 2. The van der Waals surface area contributed by atoms with Gasteiger partial charge in [0.15, 0.2) is 0 Å². The number of halogens is 2. The summed E-state index contributed by atoms with van der Waals surface area (Å²) in [5, 5.41) is 7.90. The van der Waals surface area contributed by atoms with Crippen LogP contribution in [-0.2, 0) is 0 Å². The fourth-order valence-electron chi connectivity index (χ4n) is 2.58. The molecule has 1 heterocycles. The van der Waals surface area contributed by atoms with Gasteiger partial charge in [-0.2, -0.15) is 5.10 Å². The Labute approximate surface area is 170 Å². The molecule has 2 aromatic carbocycles. The number of carbonyl (C=O) groups excluding carboxylic acids is 1. The highest BCUT2D eigenvalue weighted by atomic mass is 79.9. The van der Waals surface area contributed by atoms with Crippen molar-refractivity contribution in [2.75, 3.05) is 19.5 Å². The summed E-state index contributed by atoms with van der Waals surface area (Å²) >= 11 is 9.47. The van der Waals surface area contributed by atoms with Gasteiger partial charge in [-0.1, -0.05) is 17.7 Å². The molecule has 0 atom stereocenters. The van der Waals surface area contributed by atoms with E-state index in [1.807, 2.05) is 19.1 Å².